The fourth-order valence-corrected chi connectivity index (χ4v) is 1.27. The van der Waals surface area contributed by atoms with E-state index >= 15 is 0 Å². The molecule has 6 heteroatoms. The molecule has 0 aliphatic heterocycles. The predicted molar refractivity (Wildman–Crippen MR) is 62.2 cm³/mol. The van der Waals surface area contributed by atoms with Crippen LogP contribution < -0.4 is 5.32 Å². The van der Waals surface area contributed by atoms with Gasteiger partial charge in [-0.05, 0) is 19.1 Å². The SMILES string of the molecule is CCN(CCO)C(=O)C(=O)Nc1ccccn1. The summed E-state index contributed by atoms with van der Waals surface area (Å²) >= 11 is 0. The number of hydrogen-bond donors (Lipinski definition) is 2. The van der Waals surface area contributed by atoms with Crippen LogP contribution in [-0.2, 0) is 9.59 Å². The summed E-state index contributed by atoms with van der Waals surface area (Å²) in [4.78, 5) is 28.3. The van der Waals surface area contributed by atoms with Crippen LogP contribution in [0.2, 0.25) is 0 Å². The van der Waals surface area contributed by atoms with Crippen molar-refractivity contribution >= 4 is 17.6 Å². The molecule has 0 saturated heterocycles. The number of rotatable bonds is 4. The fraction of sp³-hybridized carbons (Fsp3) is 0.364. The molecule has 1 rings (SSSR count). The molecule has 0 aliphatic rings. The molecular weight excluding hydrogens is 222 g/mol. The van der Waals surface area contributed by atoms with Crippen LogP contribution in [0.4, 0.5) is 5.82 Å². The second-order valence-corrected chi connectivity index (χ2v) is 3.28. The molecule has 17 heavy (non-hydrogen) atoms. The van der Waals surface area contributed by atoms with Gasteiger partial charge in [0, 0.05) is 19.3 Å². The zero-order valence-electron chi connectivity index (χ0n) is 9.59. The molecule has 0 unspecified atom stereocenters. The molecule has 1 aromatic heterocycles. The van der Waals surface area contributed by atoms with Crippen molar-refractivity contribution in [3.8, 4) is 0 Å². The van der Waals surface area contributed by atoms with Gasteiger partial charge in [-0.2, -0.15) is 0 Å². The Morgan fingerprint density at radius 1 is 1.47 bits per heavy atom. The topological polar surface area (TPSA) is 82.5 Å². The maximum absolute atomic E-state index is 11.6. The zero-order chi connectivity index (χ0) is 12.7. The average molecular weight is 237 g/mol. The fourth-order valence-electron chi connectivity index (χ4n) is 1.27. The number of pyridine rings is 1. The molecule has 1 heterocycles. The van der Waals surface area contributed by atoms with E-state index in [0.717, 1.165) is 0 Å². The van der Waals surface area contributed by atoms with Crippen LogP contribution in [-0.4, -0.2) is 46.5 Å². The monoisotopic (exact) mass is 237 g/mol. The average Bonchev–Trinajstić information content (AvgIpc) is 2.36. The normalized spacial score (nSPS) is 9.76. The third-order valence-corrected chi connectivity index (χ3v) is 2.14. The number of hydrogen-bond acceptors (Lipinski definition) is 4. The molecule has 0 saturated carbocycles. The van der Waals surface area contributed by atoms with Gasteiger partial charge in [0.15, 0.2) is 0 Å². The lowest BCUT2D eigenvalue weighted by Crippen LogP contribution is -2.41. The van der Waals surface area contributed by atoms with E-state index < -0.39 is 11.8 Å². The Balaban J connectivity index is 2.61. The molecule has 2 N–H and O–H groups in total. The third-order valence-electron chi connectivity index (χ3n) is 2.14. The predicted octanol–water partition coefficient (Wildman–Crippen LogP) is -0.139. The summed E-state index contributed by atoms with van der Waals surface area (Å²) in [7, 11) is 0. The third kappa shape index (κ3) is 3.84. The first kappa shape index (κ1) is 13.1. The zero-order valence-corrected chi connectivity index (χ0v) is 9.59. The Morgan fingerprint density at radius 2 is 2.24 bits per heavy atom. The van der Waals surface area contributed by atoms with Crippen LogP contribution >= 0.6 is 0 Å². The summed E-state index contributed by atoms with van der Waals surface area (Å²) in [5, 5.41) is 11.1. The molecule has 0 bridgehead atoms. The molecule has 6 nitrogen and oxygen atoms in total. The summed E-state index contributed by atoms with van der Waals surface area (Å²) in [6.07, 6.45) is 1.52. The van der Waals surface area contributed by atoms with E-state index in [1.807, 2.05) is 0 Å². The minimum atomic E-state index is -0.751. The van der Waals surface area contributed by atoms with Crippen LogP contribution in [0.15, 0.2) is 24.4 Å². The van der Waals surface area contributed by atoms with Crippen LogP contribution in [0.3, 0.4) is 0 Å². The Kier molecular flexibility index (Phi) is 5.09. The lowest BCUT2D eigenvalue weighted by molar-refractivity contribution is -0.143. The van der Waals surface area contributed by atoms with E-state index in [2.05, 4.69) is 10.3 Å². The highest BCUT2D eigenvalue weighted by Gasteiger charge is 2.20. The first-order valence-corrected chi connectivity index (χ1v) is 5.31. The van der Waals surface area contributed by atoms with Crippen molar-refractivity contribution in [1.29, 1.82) is 0 Å². The maximum Gasteiger partial charge on any atom is 0.315 e. The van der Waals surface area contributed by atoms with E-state index in [0.29, 0.717) is 12.4 Å². The Labute approximate surface area is 99.3 Å². The van der Waals surface area contributed by atoms with Crippen LogP contribution in [0.1, 0.15) is 6.92 Å². The van der Waals surface area contributed by atoms with Crippen molar-refractivity contribution in [2.24, 2.45) is 0 Å². The number of carbonyl (C=O) groups is 2. The molecule has 2 amide bonds. The molecule has 0 spiro atoms. The summed E-state index contributed by atoms with van der Waals surface area (Å²) in [6.45, 7) is 2.08. The van der Waals surface area contributed by atoms with Crippen molar-refractivity contribution in [2.75, 3.05) is 25.0 Å². The highest BCUT2D eigenvalue weighted by Crippen LogP contribution is 2.00. The summed E-state index contributed by atoms with van der Waals surface area (Å²) in [5.74, 6) is -1.10. The molecular formula is C11H15N3O3. The number of nitrogens with zero attached hydrogens (tertiary/aromatic N) is 2. The van der Waals surface area contributed by atoms with E-state index in [4.69, 9.17) is 5.11 Å². The van der Waals surface area contributed by atoms with Crippen molar-refractivity contribution in [2.45, 2.75) is 6.92 Å². The minimum absolute atomic E-state index is 0.144. The van der Waals surface area contributed by atoms with Gasteiger partial charge in [0.1, 0.15) is 5.82 Å². The Bertz CT molecular complexity index is 381. The molecule has 1 aromatic rings. The van der Waals surface area contributed by atoms with Gasteiger partial charge in [0.25, 0.3) is 0 Å². The number of anilines is 1. The molecule has 0 radical (unpaired) electrons. The summed E-state index contributed by atoms with van der Waals surface area (Å²) < 4.78 is 0. The van der Waals surface area contributed by atoms with Gasteiger partial charge < -0.3 is 15.3 Å². The molecule has 0 aliphatic carbocycles. The Morgan fingerprint density at radius 3 is 2.76 bits per heavy atom. The second kappa shape index (κ2) is 6.59. The molecule has 0 fully saturated rings. The second-order valence-electron chi connectivity index (χ2n) is 3.28. The largest absolute Gasteiger partial charge is 0.395 e. The Hall–Kier alpha value is -1.95. The van der Waals surface area contributed by atoms with Gasteiger partial charge in [-0.1, -0.05) is 6.07 Å². The van der Waals surface area contributed by atoms with Gasteiger partial charge in [-0.15, -0.1) is 0 Å². The van der Waals surface area contributed by atoms with Crippen molar-refractivity contribution in [3.63, 3.8) is 0 Å². The number of aliphatic hydroxyl groups is 1. The smallest absolute Gasteiger partial charge is 0.315 e. The number of aliphatic hydroxyl groups excluding tert-OH is 1. The van der Waals surface area contributed by atoms with Gasteiger partial charge in [0.2, 0.25) is 0 Å². The van der Waals surface area contributed by atoms with Crippen LogP contribution in [0, 0.1) is 0 Å². The van der Waals surface area contributed by atoms with Gasteiger partial charge in [-0.25, -0.2) is 4.98 Å². The van der Waals surface area contributed by atoms with Crippen molar-refractivity contribution in [3.05, 3.63) is 24.4 Å². The minimum Gasteiger partial charge on any atom is -0.395 e. The highest BCUT2D eigenvalue weighted by molar-refractivity contribution is 6.39. The number of aromatic nitrogens is 1. The number of nitrogens with one attached hydrogen (secondary N) is 1. The first-order valence-electron chi connectivity index (χ1n) is 5.31. The standard InChI is InChI=1S/C11H15N3O3/c1-2-14(7-8-15)11(17)10(16)13-9-5-3-4-6-12-9/h3-6,15H,2,7-8H2,1H3,(H,12,13,16). The summed E-state index contributed by atoms with van der Waals surface area (Å²) in [6, 6.07) is 5.01. The van der Waals surface area contributed by atoms with Gasteiger partial charge >= 0.3 is 11.8 Å². The van der Waals surface area contributed by atoms with Gasteiger partial charge in [0.05, 0.1) is 6.61 Å². The van der Waals surface area contributed by atoms with Crippen LogP contribution in [0.25, 0.3) is 0 Å². The molecule has 0 aromatic carbocycles. The lowest BCUT2D eigenvalue weighted by atomic mass is 10.4. The first-order chi connectivity index (χ1) is 8.19. The number of amides is 2. The number of likely N-dealkylation sites (N-methyl/N-ethyl adjacent to an activating group) is 1. The van der Waals surface area contributed by atoms with Crippen molar-refractivity contribution < 1.29 is 14.7 Å². The van der Waals surface area contributed by atoms with Crippen LogP contribution in [0.5, 0.6) is 0 Å². The number of carbonyl (C=O) groups excluding carboxylic acids is 2. The van der Waals surface area contributed by atoms with Gasteiger partial charge in [-0.3, -0.25) is 9.59 Å². The molecule has 92 valence electrons. The molecule has 0 atom stereocenters. The van der Waals surface area contributed by atoms with E-state index in [1.165, 1.54) is 11.1 Å². The van der Waals surface area contributed by atoms with E-state index in [1.54, 1.807) is 25.1 Å². The highest BCUT2D eigenvalue weighted by atomic mass is 16.3. The van der Waals surface area contributed by atoms with Crippen molar-refractivity contribution in [1.82, 2.24) is 9.88 Å². The summed E-state index contributed by atoms with van der Waals surface area (Å²) in [5.41, 5.74) is 0. The van der Waals surface area contributed by atoms with E-state index in [9.17, 15) is 9.59 Å². The lowest BCUT2D eigenvalue weighted by Gasteiger charge is -2.18. The maximum atomic E-state index is 11.6. The quantitative estimate of drug-likeness (QED) is 0.714. The van der Waals surface area contributed by atoms with E-state index in [-0.39, 0.29) is 13.2 Å².